The Morgan fingerprint density at radius 2 is 1.28 bits per heavy atom. The van der Waals surface area contributed by atoms with Gasteiger partial charge in [0.25, 0.3) is 0 Å². The highest BCUT2D eigenvalue weighted by molar-refractivity contribution is 9.10. The summed E-state index contributed by atoms with van der Waals surface area (Å²) in [5, 5.41) is 10.2. The Morgan fingerprint density at radius 3 is 1.84 bits per heavy atom. The molecule has 6 unspecified atom stereocenters. The van der Waals surface area contributed by atoms with Gasteiger partial charge in [0.1, 0.15) is 22.9 Å². The monoisotopic (exact) mass is 497 g/mol. The van der Waals surface area contributed by atoms with Crippen LogP contribution in [0.2, 0.25) is 0 Å². The minimum absolute atomic E-state index is 0.182. The highest BCUT2D eigenvalue weighted by Gasteiger charge is 2.50. The zero-order valence-electron chi connectivity index (χ0n) is 17.3. The molecule has 0 saturated carbocycles. The van der Waals surface area contributed by atoms with E-state index < -0.39 is 30.9 Å². The maximum Gasteiger partial charge on any atom is 0.184 e. The van der Waals surface area contributed by atoms with Crippen molar-refractivity contribution in [3.63, 3.8) is 0 Å². The molecule has 3 aromatic rings. The van der Waals surface area contributed by atoms with E-state index in [0.717, 1.165) is 21.3 Å². The highest BCUT2D eigenvalue weighted by Crippen LogP contribution is 2.41. The van der Waals surface area contributed by atoms with Gasteiger partial charge in [0.2, 0.25) is 0 Å². The van der Waals surface area contributed by atoms with E-state index in [4.69, 9.17) is 18.9 Å². The van der Waals surface area contributed by atoms with Gasteiger partial charge in [-0.05, 0) is 27.6 Å². The fourth-order valence-corrected chi connectivity index (χ4v) is 4.62. The van der Waals surface area contributed by atoms with E-state index >= 15 is 0 Å². The van der Waals surface area contributed by atoms with E-state index in [1.807, 2.05) is 72.8 Å². The molecule has 2 aliphatic heterocycles. The molecule has 166 valence electrons. The fraction of sp³-hybridized carbons (Fsp3) is 0.320. The molecule has 2 saturated heterocycles. The number of aliphatic hydroxyl groups is 1. The average Bonchev–Trinajstić information content (AvgIpc) is 2.86. The Labute approximate surface area is 195 Å². The highest BCUT2D eigenvalue weighted by atomic mass is 79.9. The van der Waals surface area contributed by atoms with Crippen molar-refractivity contribution in [3.05, 3.63) is 100 Å². The molecule has 0 radical (unpaired) electrons. The summed E-state index contributed by atoms with van der Waals surface area (Å²) in [5.74, 6) is 0. The van der Waals surface area contributed by atoms with E-state index in [2.05, 4.69) is 20.9 Å². The van der Waals surface area contributed by atoms with E-state index in [-0.39, 0.29) is 12.7 Å². The number of pyridine rings is 1. The van der Waals surface area contributed by atoms with Gasteiger partial charge in [-0.2, -0.15) is 0 Å². The van der Waals surface area contributed by atoms with Crippen LogP contribution in [0.5, 0.6) is 0 Å². The van der Waals surface area contributed by atoms with Gasteiger partial charge in [-0.3, -0.25) is 0 Å². The van der Waals surface area contributed by atoms with Crippen LogP contribution in [-0.2, 0) is 25.4 Å². The Bertz CT molecular complexity index is 1020. The third-order valence-electron chi connectivity index (χ3n) is 5.80. The van der Waals surface area contributed by atoms with Crippen molar-refractivity contribution >= 4 is 15.9 Å². The van der Waals surface area contributed by atoms with Crippen LogP contribution in [0.4, 0.5) is 0 Å². The van der Waals surface area contributed by atoms with Gasteiger partial charge in [0.05, 0.1) is 12.7 Å². The molecule has 1 aromatic heterocycles. The van der Waals surface area contributed by atoms with Crippen molar-refractivity contribution in [2.45, 2.75) is 43.4 Å². The summed E-state index contributed by atoms with van der Waals surface area (Å²) in [6.07, 6.45) is -0.689. The topological polar surface area (TPSA) is 70.0 Å². The summed E-state index contributed by atoms with van der Waals surface area (Å²) in [7, 11) is 0. The molecule has 6 nitrogen and oxygen atoms in total. The Morgan fingerprint density at radius 1 is 0.719 bits per heavy atom. The quantitative estimate of drug-likeness (QED) is 0.528. The van der Waals surface area contributed by atoms with Gasteiger partial charge >= 0.3 is 0 Å². The lowest BCUT2D eigenvalue weighted by Gasteiger charge is -2.49. The number of halogens is 1. The molecule has 6 atom stereocenters. The number of hydrogen-bond donors (Lipinski definition) is 1. The second-order valence-electron chi connectivity index (χ2n) is 7.88. The van der Waals surface area contributed by atoms with Crippen molar-refractivity contribution in [1.29, 1.82) is 0 Å². The molecule has 0 spiro atoms. The van der Waals surface area contributed by atoms with Crippen LogP contribution >= 0.6 is 15.9 Å². The molecule has 1 N–H and O–H groups in total. The molecule has 2 aromatic carbocycles. The van der Waals surface area contributed by atoms with Crippen LogP contribution < -0.4 is 0 Å². The van der Waals surface area contributed by atoms with Crippen LogP contribution in [0, 0.1) is 0 Å². The fourth-order valence-electron chi connectivity index (χ4n) is 4.21. The van der Waals surface area contributed by atoms with Crippen molar-refractivity contribution in [3.8, 4) is 0 Å². The summed E-state index contributed by atoms with van der Waals surface area (Å²) in [6, 6.07) is 23.4. The first-order valence-electron chi connectivity index (χ1n) is 10.6. The number of rotatable bonds is 5. The first-order chi connectivity index (χ1) is 15.7. The first-order valence-corrected chi connectivity index (χ1v) is 11.4. The van der Waals surface area contributed by atoms with E-state index in [1.165, 1.54) is 0 Å². The zero-order valence-corrected chi connectivity index (χ0v) is 18.9. The predicted molar refractivity (Wildman–Crippen MR) is 121 cm³/mol. The Hall–Kier alpha value is -2.13. The molecule has 0 amide bonds. The number of hydrogen-bond acceptors (Lipinski definition) is 6. The smallest absolute Gasteiger partial charge is 0.184 e. The van der Waals surface area contributed by atoms with Crippen molar-refractivity contribution in [2.24, 2.45) is 0 Å². The maximum atomic E-state index is 10.2. The minimum Gasteiger partial charge on any atom is -0.394 e. The second-order valence-corrected chi connectivity index (χ2v) is 8.63. The molecule has 5 rings (SSSR count). The second kappa shape index (κ2) is 9.79. The van der Waals surface area contributed by atoms with Crippen molar-refractivity contribution < 1.29 is 24.1 Å². The lowest BCUT2D eigenvalue weighted by molar-refractivity contribution is -0.384. The summed E-state index contributed by atoms with van der Waals surface area (Å²) in [6.45, 7) is -0.182. The van der Waals surface area contributed by atoms with Crippen LogP contribution in [0.15, 0.2) is 83.6 Å². The van der Waals surface area contributed by atoms with Gasteiger partial charge in [-0.1, -0.05) is 66.7 Å². The summed E-state index contributed by atoms with van der Waals surface area (Å²) >= 11 is 3.54. The van der Waals surface area contributed by atoms with Gasteiger partial charge in [0.15, 0.2) is 12.6 Å². The van der Waals surface area contributed by atoms with E-state index in [9.17, 15) is 5.11 Å². The lowest BCUT2D eigenvalue weighted by Crippen LogP contribution is -2.59. The van der Waals surface area contributed by atoms with Gasteiger partial charge in [-0.15, -0.1) is 0 Å². The van der Waals surface area contributed by atoms with Crippen molar-refractivity contribution in [1.82, 2.24) is 4.98 Å². The lowest BCUT2D eigenvalue weighted by atomic mass is 9.94. The SMILES string of the molecule is OCC1OC(c2ccccc2)OC2C(Cc3cccnc3Br)OC(c3ccccc3)OC12. The number of benzene rings is 2. The standard InChI is InChI=1S/C25H24BrNO5/c26-23-18(12-7-13-27-23)14-19-21-22(32-24(29-19)16-8-3-1-4-9-16)20(15-28)30-25(31-21)17-10-5-2-6-11-17/h1-13,19-22,24-25,28H,14-15H2. The molecule has 0 bridgehead atoms. The van der Waals surface area contributed by atoms with Crippen LogP contribution in [0.25, 0.3) is 0 Å². The number of fused-ring (bicyclic) bond motifs is 1. The normalized spacial score (nSPS) is 29.9. The summed E-state index contributed by atoms with van der Waals surface area (Å²) in [4.78, 5) is 4.34. The minimum atomic E-state index is -0.616. The molecule has 0 aliphatic carbocycles. The van der Waals surface area contributed by atoms with Crippen LogP contribution in [0.1, 0.15) is 29.3 Å². The van der Waals surface area contributed by atoms with E-state index in [0.29, 0.717) is 6.42 Å². The first kappa shape index (κ1) is 21.7. The van der Waals surface area contributed by atoms with Crippen molar-refractivity contribution in [2.75, 3.05) is 6.61 Å². The average molecular weight is 498 g/mol. The molecule has 32 heavy (non-hydrogen) atoms. The molecule has 2 aliphatic rings. The number of aromatic nitrogens is 1. The number of aliphatic hydroxyl groups excluding tert-OH is 1. The maximum absolute atomic E-state index is 10.2. The number of nitrogens with zero attached hydrogens (tertiary/aromatic N) is 1. The Kier molecular flexibility index (Phi) is 6.64. The number of ether oxygens (including phenoxy) is 4. The third-order valence-corrected chi connectivity index (χ3v) is 6.51. The summed E-state index contributed by atoms with van der Waals surface area (Å²) in [5.41, 5.74) is 2.80. The zero-order chi connectivity index (χ0) is 21.9. The summed E-state index contributed by atoms with van der Waals surface area (Å²) < 4.78 is 26.0. The van der Waals surface area contributed by atoms with Crippen LogP contribution in [-0.4, -0.2) is 41.1 Å². The third kappa shape index (κ3) is 4.50. The Balaban J connectivity index is 1.48. The molecule has 2 fully saturated rings. The predicted octanol–water partition coefficient (Wildman–Crippen LogP) is 4.34. The van der Waals surface area contributed by atoms with Crippen LogP contribution in [0.3, 0.4) is 0 Å². The molecule has 7 heteroatoms. The largest absolute Gasteiger partial charge is 0.394 e. The molecular weight excluding hydrogens is 474 g/mol. The van der Waals surface area contributed by atoms with Gasteiger partial charge in [-0.25, -0.2) is 4.98 Å². The molecule has 3 heterocycles. The van der Waals surface area contributed by atoms with Gasteiger partial charge in [0, 0.05) is 23.7 Å². The van der Waals surface area contributed by atoms with Gasteiger partial charge < -0.3 is 24.1 Å². The van der Waals surface area contributed by atoms with E-state index in [1.54, 1.807) is 6.20 Å². The molecular formula is C25H24BrNO5.